The molecule has 1 aromatic carbocycles. The van der Waals surface area contributed by atoms with Crippen LogP contribution in [-0.2, 0) is 0 Å². The summed E-state index contributed by atoms with van der Waals surface area (Å²) in [5.41, 5.74) is 2.13. The summed E-state index contributed by atoms with van der Waals surface area (Å²) >= 11 is 3.60. The zero-order chi connectivity index (χ0) is 10.8. The largest absolute Gasteiger partial charge is 0.294 e. The third-order valence-corrected chi connectivity index (χ3v) is 4.04. The molecule has 0 bridgehead atoms. The molecular weight excluding hydrogens is 252 g/mol. The Labute approximate surface area is 99.0 Å². The Hall–Kier alpha value is -0.630. The molecule has 0 aromatic heterocycles. The first-order chi connectivity index (χ1) is 7.22. The van der Waals surface area contributed by atoms with Gasteiger partial charge < -0.3 is 0 Å². The molecule has 0 aliphatic heterocycles. The van der Waals surface area contributed by atoms with Gasteiger partial charge in [-0.3, -0.25) is 4.79 Å². The third-order valence-electron chi connectivity index (χ3n) is 2.86. The highest BCUT2D eigenvalue weighted by atomic mass is 79.9. The van der Waals surface area contributed by atoms with Crippen LogP contribution in [0.5, 0.6) is 0 Å². The summed E-state index contributed by atoms with van der Waals surface area (Å²) in [6.45, 7) is 2.14. The van der Waals surface area contributed by atoms with Crippen LogP contribution in [0.15, 0.2) is 24.3 Å². The lowest BCUT2D eigenvalue weighted by Crippen LogP contribution is -2.01. The topological polar surface area (TPSA) is 17.1 Å². The van der Waals surface area contributed by atoms with Gasteiger partial charge in [-0.15, -0.1) is 0 Å². The molecular formula is C13H15BrO. The van der Waals surface area contributed by atoms with Gasteiger partial charge in [-0.2, -0.15) is 0 Å². The fraction of sp³-hybridized carbons (Fsp3) is 0.462. The van der Waals surface area contributed by atoms with E-state index in [-0.39, 0.29) is 0 Å². The monoisotopic (exact) mass is 266 g/mol. The molecule has 0 N–H and O–H groups in total. The van der Waals surface area contributed by atoms with Crippen LogP contribution in [0.1, 0.15) is 46.9 Å². The highest BCUT2D eigenvalue weighted by Crippen LogP contribution is 2.33. The van der Waals surface area contributed by atoms with E-state index in [0.29, 0.717) is 16.5 Å². The average Bonchev–Trinajstić information content (AvgIpc) is 3.11. The lowest BCUT2D eigenvalue weighted by atomic mass is 10.0. The van der Waals surface area contributed by atoms with E-state index in [0.717, 1.165) is 24.8 Å². The fourth-order valence-corrected chi connectivity index (χ4v) is 1.98. The maximum absolute atomic E-state index is 11.7. The molecule has 1 unspecified atom stereocenters. The summed E-state index contributed by atoms with van der Waals surface area (Å²) in [5, 5.41) is 0. The van der Waals surface area contributed by atoms with E-state index in [1.165, 1.54) is 5.56 Å². The summed E-state index contributed by atoms with van der Waals surface area (Å²) in [6, 6.07) is 8.02. The lowest BCUT2D eigenvalue weighted by molar-refractivity contribution is 0.0967. The maximum Gasteiger partial charge on any atom is 0.165 e. The molecule has 1 aliphatic rings. The van der Waals surface area contributed by atoms with Crippen molar-refractivity contribution in [2.75, 3.05) is 0 Å². The number of hydrogen-bond donors (Lipinski definition) is 0. The molecule has 1 aromatic rings. The molecule has 0 heterocycles. The molecule has 0 spiro atoms. The van der Waals surface area contributed by atoms with Crippen molar-refractivity contribution in [3.8, 4) is 0 Å². The smallest absolute Gasteiger partial charge is 0.165 e. The Morgan fingerprint density at radius 3 is 2.47 bits per heavy atom. The number of carbonyl (C=O) groups excluding carboxylic acids is 1. The number of ketones is 1. The van der Waals surface area contributed by atoms with Gasteiger partial charge in [0.15, 0.2) is 5.78 Å². The first-order valence-corrected chi connectivity index (χ1v) is 6.42. The van der Waals surface area contributed by atoms with Gasteiger partial charge in [0.1, 0.15) is 0 Å². The van der Waals surface area contributed by atoms with Crippen LogP contribution in [0.25, 0.3) is 0 Å². The molecule has 1 atom stereocenters. The van der Waals surface area contributed by atoms with Crippen LogP contribution in [-0.4, -0.2) is 5.78 Å². The number of halogens is 1. The molecule has 1 aliphatic carbocycles. The molecule has 2 heteroatoms. The van der Waals surface area contributed by atoms with Crippen molar-refractivity contribution in [3.63, 3.8) is 0 Å². The summed E-state index contributed by atoms with van der Waals surface area (Å²) in [6.07, 6.45) is 3.23. The number of carbonyl (C=O) groups is 1. The Morgan fingerprint density at radius 1 is 1.40 bits per heavy atom. The van der Waals surface area contributed by atoms with Crippen molar-refractivity contribution in [1.29, 1.82) is 0 Å². The van der Waals surface area contributed by atoms with E-state index in [4.69, 9.17) is 0 Å². The second kappa shape index (κ2) is 4.48. The number of hydrogen-bond acceptors (Lipinski definition) is 1. The second-order valence-electron chi connectivity index (χ2n) is 4.14. The molecule has 0 amide bonds. The normalized spacial score (nSPS) is 17.5. The fourth-order valence-electron chi connectivity index (χ4n) is 1.67. The summed E-state index contributed by atoms with van der Waals surface area (Å²) in [5.74, 6) is 0.644. The van der Waals surface area contributed by atoms with Crippen LogP contribution < -0.4 is 0 Å². The van der Waals surface area contributed by atoms with Gasteiger partial charge in [0.25, 0.3) is 0 Å². The van der Waals surface area contributed by atoms with Crippen LogP contribution in [0.4, 0.5) is 0 Å². The minimum Gasteiger partial charge on any atom is -0.294 e. The quantitative estimate of drug-likeness (QED) is 0.592. The highest BCUT2D eigenvalue weighted by molar-refractivity contribution is 9.09. The maximum atomic E-state index is 11.7. The molecule has 0 radical (unpaired) electrons. The average molecular weight is 267 g/mol. The summed E-state index contributed by atoms with van der Waals surface area (Å²) in [7, 11) is 0. The van der Waals surface area contributed by atoms with Gasteiger partial charge in [0.2, 0.25) is 0 Å². The summed E-state index contributed by atoms with van der Waals surface area (Å²) in [4.78, 5) is 12.2. The van der Waals surface area contributed by atoms with E-state index >= 15 is 0 Å². The molecule has 1 fully saturated rings. The van der Waals surface area contributed by atoms with E-state index in [2.05, 4.69) is 35.0 Å². The van der Waals surface area contributed by atoms with Crippen molar-refractivity contribution < 1.29 is 4.79 Å². The zero-order valence-corrected chi connectivity index (χ0v) is 10.5. The second-order valence-corrected chi connectivity index (χ2v) is 5.24. The Morgan fingerprint density at radius 2 is 2.00 bits per heavy atom. The van der Waals surface area contributed by atoms with Crippen molar-refractivity contribution in [2.24, 2.45) is 5.92 Å². The summed E-state index contributed by atoms with van der Waals surface area (Å²) < 4.78 is 0. The number of alkyl halides is 1. The van der Waals surface area contributed by atoms with Gasteiger partial charge >= 0.3 is 0 Å². The van der Waals surface area contributed by atoms with E-state index in [1.54, 1.807) is 0 Å². The number of rotatable bonds is 4. The van der Waals surface area contributed by atoms with Gasteiger partial charge in [-0.25, -0.2) is 0 Å². The van der Waals surface area contributed by atoms with Crippen LogP contribution >= 0.6 is 15.9 Å². The van der Waals surface area contributed by atoms with Gasteiger partial charge in [0, 0.05) is 16.3 Å². The van der Waals surface area contributed by atoms with Crippen molar-refractivity contribution in [3.05, 3.63) is 35.4 Å². The zero-order valence-electron chi connectivity index (χ0n) is 8.87. The molecule has 1 saturated carbocycles. The first-order valence-electron chi connectivity index (χ1n) is 5.50. The van der Waals surface area contributed by atoms with Gasteiger partial charge in [-0.05, 0) is 24.8 Å². The van der Waals surface area contributed by atoms with E-state index in [9.17, 15) is 4.79 Å². The highest BCUT2D eigenvalue weighted by Gasteiger charge is 2.30. The third kappa shape index (κ3) is 2.49. The molecule has 0 saturated heterocycles. The van der Waals surface area contributed by atoms with Gasteiger partial charge in [-0.1, -0.05) is 47.1 Å². The number of benzene rings is 1. The molecule has 1 nitrogen and oxygen atoms in total. The van der Waals surface area contributed by atoms with Crippen LogP contribution in [0, 0.1) is 5.92 Å². The van der Waals surface area contributed by atoms with Crippen molar-refractivity contribution >= 4 is 21.7 Å². The van der Waals surface area contributed by atoms with Crippen LogP contribution in [0.3, 0.4) is 0 Å². The van der Waals surface area contributed by atoms with E-state index in [1.807, 2.05) is 12.1 Å². The predicted octanol–water partition coefficient (Wildman–Crippen LogP) is 4.13. The van der Waals surface area contributed by atoms with Gasteiger partial charge in [0.05, 0.1) is 0 Å². The van der Waals surface area contributed by atoms with Crippen molar-refractivity contribution in [2.45, 2.75) is 31.0 Å². The molecule has 80 valence electrons. The minimum absolute atomic E-state index is 0.321. The standard InChI is InChI=1S/C13H15BrO/c1-2-12(14)9-3-5-10(6-4-9)13(15)11-7-8-11/h3-6,11-12H,2,7-8H2,1H3. The Balaban J connectivity index is 2.12. The molecule has 15 heavy (non-hydrogen) atoms. The Bertz CT molecular complexity index is 351. The van der Waals surface area contributed by atoms with Crippen LogP contribution in [0.2, 0.25) is 0 Å². The lowest BCUT2D eigenvalue weighted by Gasteiger charge is -2.07. The van der Waals surface area contributed by atoms with E-state index < -0.39 is 0 Å². The Kier molecular flexibility index (Phi) is 3.25. The minimum atomic E-state index is 0.321. The molecule has 2 rings (SSSR count). The number of Topliss-reactive ketones (excluding diaryl/α,β-unsaturated/α-hetero) is 1. The SMILES string of the molecule is CCC(Br)c1ccc(C(=O)C2CC2)cc1. The predicted molar refractivity (Wildman–Crippen MR) is 65.5 cm³/mol. The van der Waals surface area contributed by atoms with Crippen molar-refractivity contribution in [1.82, 2.24) is 0 Å². The first kappa shape index (κ1) is 10.9.